The topological polar surface area (TPSA) is 115 Å². The Kier molecular flexibility index (Phi) is 39.2. The van der Waals surface area contributed by atoms with E-state index in [2.05, 4.69) is 38.2 Å². The monoisotopic (exact) mass is 639 g/mol. The molecule has 0 bridgehead atoms. The van der Waals surface area contributed by atoms with Crippen LogP contribution in [0.3, 0.4) is 0 Å². The second kappa shape index (κ2) is 38.7. The molecular weight excluding hydrogens is 564 g/mol. The molecule has 0 heterocycles. The minimum Gasteiger partial charge on any atom is -0.481 e. The van der Waals surface area contributed by atoms with E-state index in [4.69, 9.17) is 10.2 Å². The fourth-order valence-corrected chi connectivity index (χ4v) is 5.18. The van der Waals surface area contributed by atoms with E-state index < -0.39 is 24.8 Å². The summed E-state index contributed by atoms with van der Waals surface area (Å²) in [6, 6.07) is 0. The van der Waals surface area contributed by atoms with E-state index in [0.717, 1.165) is 44.9 Å². The molecule has 6 nitrogen and oxygen atoms in total. The highest BCUT2D eigenvalue weighted by molar-refractivity contribution is 5.83. The van der Waals surface area contributed by atoms with Crippen molar-refractivity contribution in [3.8, 4) is 0 Å². The summed E-state index contributed by atoms with van der Waals surface area (Å²) >= 11 is 0. The van der Waals surface area contributed by atoms with Gasteiger partial charge in [-0.3, -0.25) is 9.59 Å². The molecule has 6 heteroatoms. The number of unbranched alkanes of at least 4 members (excludes halogenated alkanes) is 22. The van der Waals surface area contributed by atoms with Crippen LogP contribution in [0.4, 0.5) is 0 Å². The smallest absolute Gasteiger partial charge is 0.303 e. The Bertz CT molecular complexity index is 674. The maximum absolute atomic E-state index is 11.5. The molecule has 0 aromatic rings. The molecule has 0 fully saturated rings. The van der Waals surface area contributed by atoms with Gasteiger partial charge in [0.1, 0.15) is 12.2 Å². The van der Waals surface area contributed by atoms with Gasteiger partial charge in [0.05, 0.1) is 6.61 Å². The number of hydrogen-bond acceptors (Lipinski definition) is 5. The average Bonchev–Trinajstić information content (AvgIpc) is 3.04. The number of aliphatic hydroxyl groups is 3. The highest BCUT2D eigenvalue weighted by Crippen LogP contribution is 2.12. The molecule has 0 amide bonds. The molecule has 2 atom stereocenters. The van der Waals surface area contributed by atoms with Crippen molar-refractivity contribution >= 4 is 11.8 Å². The van der Waals surface area contributed by atoms with E-state index >= 15 is 0 Å². The lowest BCUT2D eigenvalue weighted by molar-refractivity contribution is -0.137. The van der Waals surface area contributed by atoms with Gasteiger partial charge in [0.25, 0.3) is 0 Å². The van der Waals surface area contributed by atoms with Gasteiger partial charge in [-0.1, -0.05) is 141 Å². The molecule has 0 aliphatic carbocycles. The summed E-state index contributed by atoms with van der Waals surface area (Å²) in [5.74, 6) is -1.04. The lowest BCUT2D eigenvalue weighted by atomic mass is 10.0. The number of allylic oxidation sites excluding steroid dienone is 4. The van der Waals surface area contributed by atoms with Gasteiger partial charge in [0.2, 0.25) is 0 Å². The van der Waals surface area contributed by atoms with Gasteiger partial charge in [0, 0.05) is 12.8 Å². The number of hydrogen-bond donors (Lipinski definition) is 4. The van der Waals surface area contributed by atoms with Crippen LogP contribution in [0.25, 0.3) is 0 Å². The van der Waals surface area contributed by atoms with Crippen molar-refractivity contribution in [3.63, 3.8) is 0 Å². The van der Waals surface area contributed by atoms with Gasteiger partial charge in [0.15, 0.2) is 5.78 Å². The summed E-state index contributed by atoms with van der Waals surface area (Å²) in [7, 11) is 0. The van der Waals surface area contributed by atoms with Crippen LogP contribution >= 0.6 is 0 Å². The van der Waals surface area contributed by atoms with Crippen LogP contribution in [-0.4, -0.2) is 51.0 Å². The largest absolute Gasteiger partial charge is 0.481 e. The quantitative estimate of drug-likeness (QED) is 0.0420. The van der Waals surface area contributed by atoms with Crippen LogP contribution < -0.4 is 0 Å². The third-order valence-electron chi connectivity index (χ3n) is 8.22. The van der Waals surface area contributed by atoms with Crippen molar-refractivity contribution in [1.82, 2.24) is 0 Å². The first-order chi connectivity index (χ1) is 21.9. The van der Waals surface area contributed by atoms with E-state index in [1.165, 1.54) is 122 Å². The highest BCUT2D eigenvalue weighted by atomic mass is 16.4. The number of carboxylic acid groups (broad SMARTS) is 1. The van der Waals surface area contributed by atoms with Crippen LogP contribution in [-0.2, 0) is 9.59 Å². The molecule has 0 radical (unpaired) electrons. The molecule has 266 valence electrons. The summed E-state index contributed by atoms with van der Waals surface area (Å²) in [5.41, 5.74) is 0. The third kappa shape index (κ3) is 38.6. The lowest BCUT2D eigenvalue weighted by Crippen LogP contribution is -2.36. The molecule has 0 saturated carbocycles. The van der Waals surface area contributed by atoms with Crippen LogP contribution in [0.5, 0.6) is 0 Å². The normalized spacial score (nSPS) is 12.8. The average molecular weight is 639 g/mol. The maximum atomic E-state index is 11.5. The number of carbonyl (C=O) groups is 2. The first-order valence-corrected chi connectivity index (χ1v) is 18.9. The van der Waals surface area contributed by atoms with E-state index in [1.807, 2.05) is 0 Å². The molecule has 0 aromatic heterocycles. The molecule has 45 heavy (non-hydrogen) atoms. The SMILES string of the molecule is CCCCCCCC/C=C\CCCCCCCC(=O)C(O)C(O)CO.CCCCCCCC/C=C\CCCCCCCC(=O)O. The number of carboxylic acids is 1. The minimum atomic E-state index is -1.44. The number of aliphatic hydroxyl groups excluding tert-OH is 3. The summed E-state index contributed by atoms with van der Waals surface area (Å²) in [6.07, 6.45) is 38.9. The first kappa shape index (κ1) is 45.6. The maximum Gasteiger partial charge on any atom is 0.303 e. The minimum absolute atomic E-state index is 0.274. The number of rotatable bonds is 33. The van der Waals surface area contributed by atoms with Gasteiger partial charge in [-0.15, -0.1) is 0 Å². The lowest BCUT2D eigenvalue weighted by Gasteiger charge is -2.13. The van der Waals surface area contributed by atoms with Gasteiger partial charge < -0.3 is 20.4 Å². The van der Waals surface area contributed by atoms with E-state index in [0.29, 0.717) is 6.42 Å². The molecular formula is C39H74O6. The molecule has 4 N–H and O–H groups in total. The predicted octanol–water partition coefficient (Wildman–Crippen LogP) is 10.4. The van der Waals surface area contributed by atoms with Crippen molar-refractivity contribution in [3.05, 3.63) is 24.3 Å². The highest BCUT2D eigenvalue weighted by Gasteiger charge is 2.22. The predicted molar refractivity (Wildman–Crippen MR) is 191 cm³/mol. The number of Topliss-reactive ketones (excluding diaryl/α,β-unsaturated/α-hetero) is 1. The fraction of sp³-hybridized carbons (Fsp3) is 0.846. The molecule has 0 saturated heterocycles. The summed E-state index contributed by atoms with van der Waals surface area (Å²) in [5, 5.41) is 35.8. The standard InChI is InChI=1S/C21H40O4.C18H34O2/c1-2-3-4-5-6-7-8-9-10-11-12-13-14-15-16-17-19(23)21(25)20(24)18-22;1-2-3-4-5-6-7-8-9-10-11-12-13-14-15-16-17-18(19)20/h9-10,20-22,24-25H,2-8,11-18H2,1H3;9-10H,2-8,11-17H2,1H3,(H,19,20)/b2*10-9-. The number of ketones is 1. The van der Waals surface area contributed by atoms with Crippen molar-refractivity contribution in [2.24, 2.45) is 0 Å². The zero-order valence-electron chi connectivity index (χ0n) is 29.6. The molecule has 0 aromatic carbocycles. The second-order valence-electron chi connectivity index (χ2n) is 12.7. The van der Waals surface area contributed by atoms with Gasteiger partial charge >= 0.3 is 5.97 Å². The van der Waals surface area contributed by atoms with Crippen molar-refractivity contribution < 1.29 is 30.0 Å². The molecule has 0 aliphatic heterocycles. The Morgan fingerprint density at radius 1 is 0.489 bits per heavy atom. The van der Waals surface area contributed by atoms with E-state index in [9.17, 15) is 19.8 Å². The Labute approximate surface area is 278 Å². The Morgan fingerprint density at radius 3 is 1.13 bits per heavy atom. The first-order valence-electron chi connectivity index (χ1n) is 18.9. The van der Waals surface area contributed by atoms with Crippen LogP contribution in [0, 0.1) is 0 Å². The van der Waals surface area contributed by atoms with Crippen molar-refractivity contribution in [1.29, 1.82) is 0 Å². The number of carbonyl (C=O) groups excluding carboxylic acids is 1. The third-order valence-corrected chi connectivity index (χ3v) is 8.22. The van der Waals surface area contributed by atoms with Crippen LogP contribution in [0.15, 0.2) is 24.3 Å². The van der Waals surface area contributed by atoms with Gasteiger partial charge in [-0.05, 0) is 64.2 Å². The van der Waals surface area contributed by atoms with E-state index in [-0.39, 0.29) is 12.2 Å². The summed E-state index contributed by atoms with van der Waals surface area (Å²) < 4.78 is 0. The van der Waals surface area contributed by atoms with Gasteiger partial charge in [-0.25, -0.2) is 0 Å². The molecule has 0 rings (SSSR count). The van der Waals surface area contributed by atoms with Gasteiger partial charge in [-0.2, -0.15) is 0 Å². The van der Waals surface area contributed by atoms with Crippen molar-refractivity contribution in [2.45, 2.75) is 206 Å². The summed E-state index contributed by atoms with van der Waals surface area (Å²) in [6.45, 7) is 3.92. The second-order valence-corrected chi connectivity index (χ2v) is 12.7. The Morgan fingerprint density at radius 2 is 0.800 bits per heavy atom. The zero-order chi connectivity index (χ0) is 33.6. The molecule has 0 aliphatic rings. The molecule has 0 spiro atoms. The van der Waals surface area contributed by atoms with Crippen LogP contribution in [0.1, 0.15) is 194 Å². The van der Waals surface area contributed by atoms with E-state index in [1.54, 1.807) is 0 Å². The van der Waals surface area contributed by atoms with Crippen molar-refractivity contribution in [2.75, 3.05) is 6.61 Å². The molecule has 2 unspecified atom stereocenters. The fourth-order valence-electron chi connectivity index (χ4n) is 5.18. The number of aliphatic carboxylic acids is 1. The Balaban J connectivity index is 0. The zero-order valence-corrected chi connectivity index (χ0v) is 29.6. The summed E-state index contributed by atoms with van der Waals surface area (Å²) in [4.78, 5) is 21.9. The van der Waals surface area contributed by atoms with Crippen LogP contribution in [0.2, 0.25) is 0 Å². The Hall–Kier alpha value is -1.50.